The molecular weight excluding hydrogens is 201 g/mol. The van der Waals surface area contributed by atoms with Crippen molar-refractivity contribution in [2.24, 2.45) is 11.8 Å². The maximum absolute atomic E-state index is 5.61. The summed E-state index contributed by atoms with van der Waals surface area (Å²) in [7, 11) is 4.57. The minimum atomic E-state index is 0.502. The van der Waals surface area contributed by atoms with Crippen LogP contribution in [0.1, 0.15) is 39.0 Å². The van der Waals surface area contributed by atoms with Crippen LogP contribution in [0.25, 0.3) is 0 Å². The topological polar surface area (TPSA) is 3.24 Å². The molecule has 1 saturated heterocycles. The summed E-state index contributed by atoms with van der Waals surface area (Å²) in [6, 6.07) is 0. The maximum atomic E-state index is 5.61. The van der Waals surface area contributed by atoms with Gasteiger partial charge in [-0.25, -0.2) is 0 Å². The van der Waals surface area contributed by atoms with Crippen molar-refractivity contribution in [1.29, 1.82) is 0 Å². The number of piperidine rings is 1. The Labute approximate surface area is 100 Å². The summed E-state index contributed by atoms with van der Waals surface area (Å²) in [6.45, 7) is 3.59. The van der Waals surface area contributed by atoms with Gasteiger partial charge in [-0.3, -0.25) is 0 Å². The molecule has 0 spiro atoms. The number of nitrogens with zero attached hydrogens (tertiary/aromatic N) is 1. The lowest BCUT2D eigenvalue weighted by molar-refractivity contribution is 0.267. The maximum Gasteiger partial charge on any atom is 0.109 e. The molecule has 1 aliphatic carbocycles. The number of thiocarbonyl (C=S) groups is 1. The van der Waals surface area contributed by atoms with Gasteiger partial charge in [-0.05, 0) is 25.2 Å². The van der Waals surface area contributed by atoms with Crippen molar-refractivity contribution < 1.29 is 0 Å². The monoisotopic (exact) mass is 223 g/mol. The number of rotatable bonds is 0. The predicted octanol–water partition coefficient (Wildman–Crippen LogP) is 2.27. The number of hydrogen-bond donors (Lipinski definition) is 0. The van der Waals surface area contributed by atoms with Crippen molar-refractivity contribution in [3.05, 3.63) is 0 Å². The minimum Gasteiger partial charge on any atom is -0.369 e. The van der Waals surface area contributed by atoms with E-state index < -0.39 is 0 Å². The van der Waals surface area contributed by atoms with Crippen LogP contribution in [-0.4, -0.2) is 31.3 Å². The summed E-state index contributed by atoms with van der Waals surface area (Å²) in [4.78, 5) is 3.54. The Balaban J connectivity index is 2.16. The van der Waals surface area contributed by atoms with Crippen molar-refractivity contribution in [3.8, 4) is 0 Å². The van der Waals surface area contributed by atoms with Gasteiger partial charge in [-0.2, -0.15) is 0 Å². The average molecular weight is 223 g/mol. The lowest BCUT2D eigenvalue weighted by Gasteiger charge is -2.39. The summed E-state index contributed by atoms with van der Waals surface area (Å²) in [5.41, 5.74) is 0. The molecule has 84 valence electrons. The standard InChI is InChI=1S/C12H22BNS/c1-12(13)6-3-4-9-5-7-14(2)11(15)10(9)8-12/h9-10H,3-8,13H2,1-2H3. The molecule has 0 aromatic carbocycles. The van der Waals surface area contributed by atoms with E-state index in [4.69, 9.17) is 12.2 Å². The zero-order chi connectivity index (χ0) is 11.1. The lowest BCUT2D eigenvalue weighted by atomic mass is 9.63. The van der Waals surface area contributed by atoms with Crippen LogP contribution in [0.15, 0.2) is 0 Å². The van der Waals surface area contributed by atoms with Gasteiger partial charge in [-0.15, -0.1) is 0 Å². The summed E-state index contributed by atoms with van der Waals surface area (Å²) >= 11 is 5.61. The highest BCUT2D eigenvalue weighted by molar-refractivity contribution is 7.80. The first-order chi connectivity index (χ1) is 6.99. The second-order valence-electron chi connectivity index (χ2n) is 6.18. The van der Waals surface area contributed by atoms with Gasteiger partial charge in [0.1, 0.15) is 7.85 Å². The first-order valence-electron chi connectivity index (χ1n) is 6.25. The van der Waals surface area contributed by atoms with Gasteiger partial charge in [0.2, 0.25) is 0 Å². The third-order valence-electron chi connectivity index (χ3n) is 4.30. The molecule has 2 aliphatic rings. The highest BCUT2D eigenvalue weighted by atomic mass is 32.1. The highest BCUT2D eigenvalue weighted by Gasteiger charge is 2.37. The van der Waals surface area contributed by atoms with E-state index in [2.05, 4.69) is 26.7 Å². The molecule has 1 saturated carbocycles. The predicted molar refractivity (Wildman–Crippen MR) is 72.2 cm³/mol. The molecule has 3 unspecified atom stereocenters. The molecule has 0 radical (unpaired) electrons. The van der Waals surface area contributed by atoms with E-state index in [1.54, 1.807) is 0 Å². The molecule has 2 fully saturated rings. The molecule has 3 atom stereocenters. The normalized spacial score (nSPS) is 42.3. The molecule has 1 nitrogen and oxygen atoms in total. The van der Waals surface area contributed by atoms with Crippen molar-refractivity contribution >= 4 is 25.1 Å². The quantitative estimate of drug-likeness (QED) is 0.458. The van der Waals surface area contributed by atoms with Crippen molar-refractivity contribution in [1.82, 2.24) is 4.90 Å². The fraction of sp³-hybridized carbons (Fsp3) is 0.917. The molecule has 0 aromatic heterocycles. The van der Waals surface area contributed by atoms with Crippen molar-refractivity contribution in [2.75, 3.05) is 13.6 Å². The zero-order valence-corrected chi connectivity index (χ0v) is 11.1. The number of likely N-dealkylation sites (tertiary alicyclic amines) is 1. The zero-order valence-electron chi connectivity index (χ0n) is 10.3. The molecule has 1 aliphatic heterocycles. The van der Waals surface area contributed by atoms with E-state index in [9.17, 15) is 0 Å². The molecule has 0 amide bonds. The third-order valence-corrected chi connectivity index (χ3v) is 4.91. The largest absolute Gasteiger partial charge is 0.369 e. The van der Waals surface area contributed by atoms with Gasteiger partial charge < -0.3 is 4.90 Å². The Bertz CT molecular complexity index is 264. The van der Waals surface area contributed by atoms with Gasteiger partial charge in [0.05, 0.1) is 4.99 Å². The van der Waals surface area contributed by atoms with Crippen LogP contribution in [-0.2, 0) is 0 Å². The molecule has 3 heteroatoms. The smallest absolute Gasteiger partial charge is 0.109 e. The second-order valence-corrected chi connectivity index (χ2v) is 6.59. The van der Waals surface area contributed by atoms with Crippen LogP contribution < -0.4 is 0 Å². The van der Waals surface area contributed by atoms with Crippen LogP contribution in [0.5, 0.6) is 0 Å². The van der Waals surface area contributed by atoms with Gasteiger partial charge in [-0.1, -0.05) is 37.3 Å². The van der Waals surface area contributed by atoms with Gasteiger partial charge in [0.25, 0.3) is 0 Å². The fourth-order valence-corrected chi connectivity index (χ4v) is 3.66. The Morgan fingerprint density at radius 2 is 2.20 bits per heavy atom. The van der Waals surface area contributed by atoms with Crippen molar-refractivity contribution in [3.63, 3.8) is 0 Å². The van der Waals surface area contributed by atoms with E-state index >= 15 is 0 Å². The Hall–Kier alpha value is -0.0451. The SMILES string of the molecule is BC1(C)CCCC2CCN(C)C(=S)C2C1. The number of hydrogen-bond acceptors (Lipinski definition) is 1. The Kier molecular flexibility index (Phi) is 3.11. The average Bonchev–Trinajstić information content (AvgIpc) is 2.30. The van der Waals surface area contributed by atoms with Gasteiger partial charge in [0, 0.05) is 19.5 Å². The molecule has 1 heterocycles. The lowest BCUT2D eigenvalue weighted by Crippen LogP contribution is -2.42. The summed E-state index contributed by atoms with van der Waals surface area (Å²) in [5.74, 6) is 1.58. The fourth-order valence-electron chi connectivity index (χ4n) is 3.30. The van der Waals surface area contributed by atoms with E-state index in [-0.39, 0.29) is 0 Å². The summed E-state index contributed by atoms with van der Waals surface area (Å²) < 4.78 is 0. The second kappa shape index (κ2) is 4.08. The Morgan fingerprint density at radius 3 is 2.93 bits per heavy atom. The van der Waals surface area contributed by atoms with E-state index in [0.717, 1.165) is 5.92 Å². The molecule has 0 bridgehead atoms. The van der Waals surface area contributed by atoms with Gasteiger partial charge >= 0.3 is 0 Å². The van der Waals surface area contributed by atoms with E-state index in [1.807, 2.05) is 0 Å². The molecule has 2 rings (SSSR count). The molecule has 0 N–H and O–H groups in total. The van der Waals surface area contributed by atoms with Crippen LogP contribution >= 0.6 is 12.2 Å². The van der Waals surface area contributed by atoms with Crippen molar-refractivity contribution in [2.45, 2.75) is 44.3 Å². The summed E-state index contributed by atoms with van der Waals surface area (Å²) in [5, 5.41) is 0.502. The first-order valence-corrected chi connectivity index (χ1v) is 6.65. The first kappa shape index (κ1) is 11.4. The number of fused-ring (bicyclic) bond motifs is 1. The third kappa shape index (κ3) is 2.38. The molecular formula is C12H22BNS. The van der Waals surface area contributed by atoms with E-state index in [1.165, 1.54) is 43.6 Å². The van der Waals surface area contributed by atoms with Crippen LogP contribution in [0.4, 0.5) is 0 Å². The highest BCUT2D eigenvalue weighted by Crippen LogP contribution is 2.46. The van der Waals surface area contributed by atoms with E-state index in [0.29, 0.717) is 11.2 Å². The van der Waals surface area contributed by atoms with Crippen LogP contribution in [0.3, 0.4) is 0 Å². The van der Waals surface area contributed by atoms with Crippen LogP contribution in [0, 0.1) is 11.8 Å². The van der Waals surface area contributed by atoms with Crippen LogP contribution in [0.2, 0.25) is 5.31 Å². The Morgan fingerprint density at radius 1 is 1.47 bits per heavy atom. The summed E-state index contributed by atoms with van der Waals surface area (Å²) in [6.07, 6.45) is 6.85. The molecule has 0 aromatic rings. The molecule has 15 heavy (non-hydrogen) atoms. The minimum absolute atomic E-state index is 0.502. The van der Waals surface area contributed by atoms with Gasteiger partial charge in [0.15, 0.2) is 0 Å².